The molecule has 1 aliphatic heterocycles. The van der Waals surface area contributed by atoms with Gasteiger partial charge in [0.1, 0.15) is 0 Å². The Kier molecular flexibility index (Phi) is 2.49. The van der Waals surface area contributed by atoms with Crippen molar-refractivity contribution in [2.24, 2.45) is 23.2 Å². The molecule has 4 atom stereocenters. The van der Waals surface area contributed by atoms with E-state index in [1.807, 2.05) is 6.08 Å². The van der Waals surface area contributed by atoms with E-state index in [4.69, 9.17) is 0 Å². The molecule has 3 fully saturated rings. The van der Waals surface area contributed by atoms with Crippen molar-refractivity contribution in [3.8, 4) is 0 Å². The third kappa shape index (κ3) is 1.61. The van der Waals surface area contributed by atoms with Gasteiger partial charge in [-0.3, -0.25) is 0 Å². The van der Waals surface area contributed by atoms with Crippen molar-refractivity contribution in [3.05, 3.63) is 12.2 Å². The topological polar surface area (TPSA) is 34.1 Å². The zero-order chi connectivity index (χ0) is 12.3. The predicted octanol–water partition coefficient (Wildman–Crippen LogP) is 2.80. The van der Waals surface area contributed by atoms with Crippen molar-refractivity contribution in [1.29, 1.82) is 0 Å². The van der Waals surface area contributed by atoms with Crippen LogP contribution in [-0.2, 0) is 9.84 Å². The highest BCUT2D eigenvalue weighted by molar-refractivity contribution is 7.92. The highest BCUT2D eigenvalue weighted by atomic mass is 32.2. The summed E-state index contributed by atoms with van der Waals surface area (Å²) in [5, 5.41) is -0.179. The average Bonchev–Trinajstić information content (AvgIpc) is 2.28. The van der Waals surface area contributed by atoms with Crippen LogP contribution in [0.25, 0.3) is 0 Å². The van der Waals surface area contributed by atoms with E-state index in [1.54, 1.807) is 0 Å². The molecule has 0 amide bonds. The molecule has 3 saturated carbocycles. The standard InChI is InChI=1S/C14H22O2S/c1-14(2)10-6-7-11(12(14)9-10)13-5-3-4-8-17(13,15)16/h3,5,10-13H,4,6-9H2,1-2H3/t10-,11-,12-,13?/m0/s1. The van der Waals surface area contributed by atoms with Crippen LogP contribution in [0.4, 0.5) is 0 Å². The monoisotopic (exact) mass is 254 g/mol. The van der Waals surface area contributed by atoms with Crippen LogP contribution >= 0.6 is 0 Å². The molecule has 4 aliphatic rings. The molecule has 3 aliphatic carbocycles. The van der Waals surface area contributed by atoms with E-state index in [-0.39, 0.29) is 5.25 Å². The molecule has 3 heteroatoms. The van der Waals surface area contributed by atoms with Gasteiger partial charge in [0.15, 0.2) is 9.84 Å². The molecule has 1 heterocycles. The van der Waals surface area contributed by atoms with Crippen LogP contribution in [0.5, 0.6) is 0 Å². The fourth-order valence-corrected chi connectivity index (χ4v) is 6.33. The van der Waals surface area contributed by atoms with Gasteiger partial charge in [-0.25, -0.2) is 8.42 Å². The van der Waals surface area contributed by atoms with Crippen molar-refractivity contribution in [1.82, 2.24) is 0 Å². The van der Waals surface area contributed by atoms with E-state index in [9.17, 15) is 8.42 Å². The van der Waals surface area contributed by atoms with E-state index in [0.29, 0.717) is 29.4 Å². The Labute approximate surface area is 104 Å². The Morgan fingerprint density at radius 3 is 2.59 bits per heavy atom. The zero-order valence-electron chi connectivity index (χ0n) is 10.7. The van der Waals surface area contributed by atoms with E-state index < -0.39 is 9.84 Å². The minimum absolute atomic E-state index is 0.179. The van der Waals surface area contributed by atoms with Crippen molar-refractivity contribution >= 4 is 9.84 Å². The summed E-state index contributed by atoms with van der Waals surface area (Å²) < 4.78 is 24.4. The van der Waals surface area contributed by atoms with Crippen LogP contribution in [0.1, 0.15) is 39.5 Å². The summed E-state index contributed by atoms with van der Waals surface area (Å²) in [6, 6.07) is 0. The first-order valence-corrected chi connectivity index (χ1v) is 8.53. The van der Waals surface area contributed by atoms with E-state index in [1.165, 1.54) is 12.8 Å². The van der Waals surface area contributed by atoms with Crippen LogP contribution in [0.3, 0.4) is 0 Å². The van der Waals surface area contributed by atoms with Gasteiger partial charge in [-0.2, -0.15) is 0 Å². The van der Waals surface area contributed by atoms with Gasteiger partial charge in [0, 0.05) is 0 Å². The van der Waals surface area contributed by atoms with Crippen LogP contribution in [0.15, 0.2) is 12.2 Å². The second-order valence-electron chi connectivity index (χ2n) is 6.65. The fourth-order valence-electron chi connectivity index (χ4n) is 4.39. The molecule has 0 aromatic heterocycles. The number of hydrogen-bond acceptors (Lipinski definition) is 2. The summed E-state index contributed by atoms with van der Waals surface area (Å²) in [4.78, 5) is 0. The van der Waals surface area contributed by atoms with Crippen LogP contribution < -0.4 is 0 Å². The molecule has 4 rings (SSSR count). The first-order valence-electron chi connectivity index (χ1n) is 6.81. The van der Waals surface area contributed by atoms with Gasteiger partial charge in [-0.1, -0.05) is 26.0 Å². The third-order valence-corrected chi connectivity index (χ3v) is 7.78. The van der Waals surface area contributed by atoms with E-state index in [2.05, 4.69) is 19.9 Å². The molecule has 0 aromatic carbocycles. The van der Waals surface area contributed by atoms with Gasteiger partial charge < -0.3 is 0 Å². The molecule has 0 radical (unpaired) electrons. The largest absolute Gasteiger partial charge is 0.228 e. The Morgan fingerprint density at radius 2 is 2.00 bits per heavy atom. The molecule has 1 unspecified atom stereocenters. The van der Waals surface area contributed by atoms with Gasteiger partial charge >= 0.3 is 0 Å². The highest BCUT2D eigenvalue weighted by Crippen LogP contribution is 2.62. The lowest BCUT2D eigenvalue weighted by Gasteiger charge is -2.61. The molecule has 2 nitrogen and oxygen atoms in total. The lowest BCUT2D eigenvalue weighted by molar-refractivity contribution is -0.102. The SMILES string of the molecule is CC1(C)[C@H]2CC[C@H](C3C=CCCS3(=O)=O)[C@@H]1C2. The second kappa shape index (κ2) is 3.59. The quantitative estimate of drug-likeness (QED) is 0.674. The van der Waals surface area contributed by atoms with Crippen LogP contribution in [0, 0.1) is 23.2 Å². The van der Waals surface area contributed by atoms with Gasteiger partial charge in [-0.15, -0.1) is 0 Å². The Bertz CT molecular complexity index is 445. The van der Waals surface area contributed by atoms with Gasteiger partial charge in [0.05, 0.1) is 11.0 Å². The van der Waals surface area contributed by atoms with E-state index >= 15 is 0 Å². The molecule has 2 bridgehead atoms. The molecule has 0 spiro atoms. The number of hydrogen-bond donors (Lipinski definition) is 0. The summed E-state index contributed by atoms with van der Waals surface area (Å²) in [6.07, 6.45) is 8.38. The van der Waals surface area contributed by atoms with Crippen molar-refractivity contribution in [3.63, 3.8) is 0 Å². The smallest absolute Gasteiger partial charge is 0.157 e. The number of allylic oxidation sites excluding steroid dienone is 1. The minimum atomic E-state index is -2.87. The Morgan fingerprint density at radius 1 is 1.24 bits per heavy atom. The molecular formula is C14H22O2S. The molecule has 0 N–H and O–H groups in total. The number of sulfone groups is 1. The van der Waals surface area contributed by atoms with Crippen molar-refractivity contribution in [2.75, 3.05) is 5.75 Å². The maximum Gasteiger partial charge on any atom is 0.157 e. The lowest BCUT2D eigenvalue weighted by Crippen LogP contribution is -2.56. The molecular weight excluding hydrogens is 232 g/mol. The van der Waals surface area contributed by atoms with Gasteiger partial charge in [0.2, 0.25) is 0 Å². The summed E-state index contributed by atoms with van der Waals surface area (Å²) in [5.74, 6) is 2.22. The maximum absolute atomic E-state index is 12.2. The zero-order valence-corrected chi connectivity index (χ0v) is 11.5. The van der Waals surface area contributed by atoms with Crippen molar-refractivity contribution in [2.45, 2.75) is 44.8 Å². The van der Waals surface area contributed by atoms with Gasteiger partial charge in [-0.05, 0) is 48.9 Å². The highest BCUT2D eigenvalue weighted by Gasteiger charge is 2.57. The normalized spacial score (nSPS) is 46.2. The first kappa shape index (κ1) is 11.8. The summed E-state index contributed by atoms with van der Waals surface area (Å²) in [5.41, 5.74) is 0.379. The molecule has 0 aromatic rings. The van der Waals surface area contributed by atoms with Crippen LogP contribution in [-0.4, -0.2) is 19.4 Å². The fraction of sp³-hybridized carbons (Fsp3) is 0.857. The molecule has 96 valence electrons. The first-order chi connectivity index (χ1) is 7.93. The van der Waals surface area contributed by atoms with E-state index in [0.717, 1.165) is 12.3 Å². The average molecular weight is 254 g/mol. The molecule has 17 heavy (non-hydrogen) atoms. The van der Waals surface area contributed by atoms with Crippen molar-refractivity contribution < 1.29 is 8.42 Å². The Balaban J connectivity index is 1.90. The summed E-state index contributed by atoms with van der Waals surface area (Å²) in [7, 11) is -2.87. The Hall–Kier alpha value is -0.310. The third-order valence-electron chi connectivity index (χ3n) is 5.64. The van der Waals surface area contributed by atoms with Crippen LogP contribution in [0.2, 0.25) is 0 Å². The van der Waals surface area contributed by atoms with Gasteiger partial charge in [0.25, 0.3) is 0 Å². The summed E-state index contributed by atoms with van der Waals surface area (Å²) in [6.45, 7) is 4.66. The predicted molar refractivity (Wildman–Crippen MR) is 69.4 cm³/mol. The number of rotatable bonds is 1. The summed E-state index contributed by atoms with van der Waals surface area (Å²) >= 11 is 0. The second-order valence-corrected chi connectivity index (χ2v) is 8.93. The maximum atomic E-state index is 12.2. The minimum Gasteiger partial charge on any atom is -0.228 e. The number of fused-ring (bicyclic) bond motifs is 2. The molecule has 0 saturated heterocycles. The lowest BCUT2D eigenvalue weighted by atomic mass is 9.45.